The van der Waals surface area contributed by atoms with Gasteiger partial charge < -0.3 is 23.6 Å². The zero-order valence-corrected chi connectivity index (χ0v) is 22.8. The van der Waals surface area contributed by atoms with Crippen LogP contribution in [0.15, 0.2) is 0 Å². The highest BCUT2D eigenvalue weighted by Crippen LogP contribution is 2.27. The van der Waals surface area contributed by atoms with Crippen LogP contribution in [0.5, 0.6) is 0 Å². The van der Waals surface area contributed by atoms with Crippen molar-refractivity contribution in [2.45, 2.75) is 73.3 Å². The van der Waals surface area contributed by atoms with Gasteiger partial charge in [0.1, 0.15) is 12.0 Å². The third kappa shape index (κ3) is 11.6. The molecule has 0 aliphatic carbocycles. The lowest BCUT2D eigenvalue weighted by Crippen LogP contribution is -2.46. The van der Waals surface area contributed by atoms with E-state index in [0.29, 0.717) is 13.0 Å². The summed E-state index contributed by atoms with van der Waals surface area (Å²) >= 11 is 0. The topological polar surface area (TPSA) is 65.1 Å². The van der Waals surface area contributed by atoms with Crippen LogP contribution in [0.2, 0.25) is 0 Å². The van der Waals surface area contributed by atoms with E-state index in [1.807, 2.05) is 41.5 Å². The fraction of sp³-hybridized carbons (Fsp3) is 0.920. The smallest absolute Gasteiger partial charge is 0.317 e. The van der Waals surface area contributed by atoms with Gasteiger partial charge in [-0.25, -0.2) is 0 Å². The number of carbonyl (C=O) groups excluding carboxylic acids is 2. The summed E-state index contributed by atoms with van der Waals surface area (Å²) in [4.78, 5) is 27.7. The lowest BCUT2D eigenvalue weighted by Gasteiger charge is -2.33. The summed E-state index contributed by atoms with van der Waals surface area (Å²) in [5, 5.41) is 0. The summed E-state index contributed by atoms with van der Waals surface area (Å²) in [5.41, 5.74) is -2.02. The molecule has 7 heteroatoms. The molecule has 0 radical (unpaired) electrons. The van der Waals surface area contributed by atoms with Gasteiger partial charge in [-0.3, -0.25) is 9.59 Å². The molecule has 0 aliphatic heterocycles. The number of hydrogen-bond acceptors (Lipinski definition) is 6. The van der Waals surface area contributed by atoms with E-state index < -0.39 is 10.8 Å². The normalized spacial score (nSPS) is 14.9. The molecule has 0 amide bonds. The Morgan fingerprint density at radius 1 is 0.844 bits per heavy atom. The summed E-state index contributed by atoms with van der Waals surface area (Å²) in [6, 6.07) is 0. The Morgan fingerprint density at radius 3 is 1.94 bits per heavy atom. The molecule has 0 bridgehead atoms. The van der Waals surface area contributed by atoms with Crippen LogP contribution in [0.25, 0.3) is 0 Å². The highest BCUT2D eigenvalue weighted by molar-refractivity contribution is 5.79. The van der Waals surface area contributed by atoms with E-state index in [9.17, 15) is 9.59 Å². The number of rotatable bonds is 16. The molecule has 0 spiro atoms. The van der Waals surface area contributed by atoms with Crippen molar-refractivity contribution < 1.29 is 28.3 Å². The van der Waals surface area contributed by atoms with Crippen LogP contribution in [-0.2, 0) is 23.8 Å². The number of carbonyl (C=O) groups is 2. The van der Waals surface area contributed by atoms with E-state index >= 15 is 0 Å². The molecular weight excluding hydrogens is 408 g/mol. The Morgan fingerprint density at radius 2 is 1.44 bits per heavy atom. The molecule has 190 valence electrons. The minimum Gasteiger partial charge on any atom is -0.465 e. The van der Waals surface area contributed by atoms with Gasteiger partial charge in [0.15, 0.2) is 0 Å². The summed E-state index contributed by atoms with van der Waals surface area (Å²) < 4.78 is 18.1. The first-order valence-electron chi connectivity index (χ1n) is 12.0. The molecule has 1 unspecified atom stereocenters. The molecule has 7 nitrogen and oxygen atoms in total. The van der Waals surface area contributed by atoms with Crippen LogP contribution >= 0.6 is 0 Å². The van der Waals surface area contributed by atoms with Crippen molar-refractivity contribution in [2.24, 2.45) is 10.8 Å². The average Bonchev–Trinajstić information content (AvgIpc) is 2.72. The second kappa shape index (κ2) is 12.9. The SMILES string of the molecule is CCC(C)(C)OCC(C)(COC(=O)C(C)(C)CC)C(=O)OCCC[N+](C)(C)CCN(C)C. The van der Waals surface area contributed by atoms with Crippen LogP contribution < -0.4 is 0 Å². The Labute approximate surface area is 197 Å². The van der Waals surface area contributed by atoms with Crippen molar-refractivity contribution in [3.05, 3.63) is 0 Å². The molecule has 0 saturated heterocycles. The summed E-state index contributed by atoms with van der Waals surface area (Å²) in [7, 11) is 8.51. The quantitative estimate of drug-likeness (QED) is 0.199. The van der Waals surface area contributed by atoms with Gasteiger partial charge in [-0.1, -0.05) is 13.8 Å². The van der Waals surface area contributed by atoms with E-state index in [0.717, 1.165) is 37.0 Å². The largest absolute Gasteiger partial charge is 0.465 e. The van der Waals surface area contributed by atoms with Crippen molar-refractivity contribution in [3.63, 3.8) is 0 Å². The summed E-state index contributed by atoms with van der Waals surface area (Å²) in [6.07, 6.45) is 2.24. The number of likely N-dealkylation sites (N-methyl/N-ethyl adjacent to an activating group) is 2. The monoisotopic (exact) mass is 459 g/mol. The third-order valence-electron chi connectivity index (χ3n) is 6.38. The number of hydrogen-bond donors (Lipinski definition) is 0. The molecule has 0 rings (SSSR count). The van der Waals surface area contributed by atoms with Crippen molar-refractivity contribution in [1.29, 1.82) is 0 Å². The molecule has 32 heavy (non-hydrogen) atoms. The van der Waals surface area contributed by atoms with E-state index in [1.54, 1.807) is 6.92 Å². The standard InChI is InChI=1S/C25H51N2O5/c1-12-23(3,4)21(28)31-19-25(7,20-32-24(5,6)13-2)22(29)30-18-14-16-27(10,11)17-15-26(8)9/h12-20H2,1-11H3/q+1. The van der Waals surface area contributed by atoms with Gasteiger partial charge in [0.05, 0.1) is 51.4 Å². The number of nitrogens with zero attached hydrogens (tertiary/aromatic N) is 2. The van der Waals surface area contributed by atoms with Gasteiger partial charge in [-0.05, 0) is 61.6 Å². The summed E-state index contributed by atoms with van der Waals surface area (Å²) in [6.45, 7) is 16.8. The van der Waals surface area contributed by atoms with Gasteiger partial charge in [-0.15, -0.1) is 0 Å². The fourth-order valence-electron chi connectivity index (χ4n) is 2.59. The van der Waals surface area contributed by atoms with Crippen LogP contribution in [0.1, 0.15) is 67.7 Å². The van der Waals surface area contributed by atoms with Gasteiger partial charge in [0.2, 0.25) is 0 Å². The Hall–Kier alpha value is -1.18. The Kier molecular flexibility index (Phi) is 12.4. The second-order valence-corrected chi connectivity index (χ2v) is 11.5. The molecule has 0 aromatic heterocycles. The molecule has 0 N–H and O–H groups in total. The molecule has 0 aromatic carbocycles. The summed E-state index contributed by atoms with van der Waals surface area (Å²) in [5.74, 6) is -0.696. The molecule has 1 atom stereocenters. The van der Waals surface area contributed by atoms with E-state index in [-0.39, 0.29) is 30.8 Å². The highest BCUT2D eigenvalue weighted by Gasteiger charge is 2.40. The van der Waals surface area contributed by atoms with Crippen LogP contribution in [0.3, 0.4) is 0 Å². The van der Waals surface area contributed by atoms with Crippen LogP contribution in [0.4, 0.5) is 0 Å². The maximum atomic E-state index is 13.0. The zero-order valence-electron chi connectivity index (χ0n) is 22.8. The Balaban J connectivity index is 5.01. The minimum atomic E-state index is -1.05. The first-order chi connectivity index (χ1) is 14.5. The number of ether oxygens (including phenoxy) is 3. The van der Waals surface area contributed by atoms with Crippen molar-refractivity contribution >= 4 is 11.9 Å². The van der Waals surface area contributed by atoms with Crippen LogP contribution in [-0.4, -0.2) is 94.6 Å². The van der Waals surface area contributed by atoms with E-state index in [4.69, 9.17) is 14.2 Å². The maximum absolute atomic E-state index is 13.0. The van der Waals surface area contributed by atoms with Crippen LogP contribution in [0, 0.1) is 10.8 Å². The van der Waals surface area contributed by atoms with E-state index in [1.165, 1.54) is 0 Å². The highest BCUT2D eigenvalue weighted by atomic mass is 16.6. The van der Waals surface area contributed by atoms with Crippen molar-refractivity contribution in [3.8, 4) is 0 Å². The van der Waals surface area contributed by atoms with Gasteiger partial charge in [0.25, 0.3) is 0 Å². The van der Waals surface area contributed by atoms with Gasteiger partial charge >= 0.3 is 11.9 Å². The first kappa shape index (κ1) is 30.8. The fourth-order valence-corrected chi connectivity index (χ4v) is 2.59. The second-order valence-electron chi connectivity index (χ2n) is 11.5. The lowest BCUT2D eigenvalue weighted by atomic mass is 9.89. The lowest BCUT2D eigenvalue weighted by molar-refractivity contribution is -0.890. The predicted molar refractivity (Wildman–Crippen MR) is 129 cm³/mol. The van der Waals surface area contributed by atoms with Crippen molar-refractivity contribution in [1.82, 2.24) is 4.90 Å². The molecule has 0 aromatic rings. The number of esters is 2. The van der Waals surface area contributed by atoms with Crippen molar-refractivity contribution in [2.75, 3.05) is 67.6 Å². The zero-order chi connectivity index (χ0) is 25.2. The Bertz CT molecular complexity index is 587. The average molecular weight is 460 g/mol. The molecule has 0 heterocycles. The maximum Gasteiger partial charge on any atom is 0.317 e. The molecular formula is C25H51N2O5+. The number of quaternary nitrogens is 1. The third-order valence-corrected chi connectivity index (χ3v) is 6.38. The first-order valence-corrected chi connectivity index (χ1v) is 12.0. The van der Waals surface area contributed by atoms with Gasteiger partial charge in [0, 0.05) is 13.0 Å². The van der Waals surface area contributed by atoms with E-state index in [2.05, 4.69) is 33.1 Å². The van der Waals surface area contributed by atoms with Gasteiger partial charge in [-0.2, -0.15) is 0 Å². The molecule has 0 saturated carbocycles. The minimum absolute atomic E-state index is 0.0573. The predicted octanol–water partition coefficient (Wildman–Crippen LogP) is 3.75. The molecule has 0 aliphatic rings. The molecule has 0 fully saturated rings.